The highest BCUT2D eigenvalue weighted by Crippen LogP contribution is 2.31. The van der Waals surface area contributed by atoms with Crippen LogP contribution in [-0.2, 0) is 12.7 Å². The van der Waals surface area contributed by atoms with Gasteiger partial charge in [0.25, 0.3) is 0 Å². The van der Waals surface area contributed by atoms with Crippen molar-refractivity contribution < 1.29 is 22.4 Å². The van der Waals surface area contributed by atoms with Crippen LogP contribution in [0.2, 0.25) is 0 Å². The van der Waals surface area contributed by atoms with E-state index in [9.17, 15) is 22.4 Å². The van der Waals surface area contributed by atoms with Crippen molar-refractivity contribution in [3.8, 4) is 0 Å². The molecule has 0 saturated carbocycles. The maximum Gasteiger partial charge on any atom is 0.416 e. The number of aromatic nitrogens is 4. The first-order chi connectivity index (χ1) is 14.2. The molecule has 0 radical (unpaired) electrons. The lowest BCUT2D eigenvalue weighted by molar-refractivity contribution is -0.137. The Labute approximate surface area is 170 Å². The van der Waals surface area contributed by atoms with Gasteiger partial charge in [-0.2, -0.15) is 13.2 Å². The predicted molar refractivity (Wildman–Crippen MR) is 96.7 cm³/mol. The number of hydrogen-bond acceptors (Lipinski definition) is 5. The minimum Gasteiger partial charge on any atom is -0.322 e. The first-order valence-electron chi connectivity index (χ1n) is 9.54. The third-order valence-electron chi connectivity index (χ3n) is 5.73. The van der Waals surface area contributed by atoms with Crippen molar-refractivity contribution in [2.75, 3.05) is 33.2 Å². The number of amides is 2. The van der Waals surface area contributed by atoms with Crippen molar-refractivity contribution in [3.63, 3.8) is 0 Å². The molecule has 30 heavy (non-hydrogen) atoms. The smallest absolute Gasteiger partial charge is 0.322 e. The van der Waals surface area contributed by atoms with Gasteiger partial charge in [0.1, 0.15) is 12.1 Å². The van der Waals surface area contributed by atoms with Crippen LogP contribution >= 0.6 is 0 Å². The molecule has 1 aromatic carbocycles. The van der Waals surface area contributed by atoms with E-state index in [0.29, 0.717) is 32.2 Å². The second-order valence-corrected chi connectivity index (χ2v) is 7.74. The molecule has 2 saturated heterocycles. The SMILES string of the molecule is CN(Cc1ccc(C(F)(F)F)cc1F)C1CN(C(=O)N2CC[C@H](n3cnnn3)C2)C1. The van der Waals surface area contributed by atoms with E-state index in [-0.39, 0.29) is 30.2 Å². The summed E-state index contributed by atoms with van der Waals surface area (Å²) >= 11 is 0. The van der Waals surface area contributed by atoms with Crippen LogP contribution in [0.3, 0.4) is 0 Å². The fraction of sp³-hybridized carbons (Fsp3) is 0.556. The Bertz CT molecular complexity index is 898. The summed E-state index contributed by atoms with van der Waals surface area (Å²) < 4.78 is 53.8. The van der Waals surface area contributed by atoms with Crippen LogP contribution in [0.4, 0.5) is 22.4 Å². The molecule has 0 N–H and O–H groups in total. The standard InChI is InChI=1S/C18H21F4N7O/c1-26(7-12-2-3-13(6-16(12)19)18(20,21)22)15-9-28(10-15)17(30)27-5-4-14(8-27)29-11-23-24-25-29/h2-3,6,11,14-15H,4-5,7-10H2,1H3/t14-/m0/s1. The normalized spacial score (nSPS) is 20.1. The van der Waals surface area contributed by atoms with Crippen molar-refractivity contribution in [3.05, 3.63) is 41.5 Å². The molecule has 2 fully saturated rings. The van der Waals surface area contributed by atoms with Crippen molar-refractivity contribution in [2.45, 2.75) is 31.2 Å². The van der Waals surface area contributed by atoms with Gasteiger partial charge in [0.05, 0.1) is 11.6 Å². The predicted octanol–water partition coefficient (Wildman–Crippen LogP) is 2.01. The molecule has 3 heterocycles. The van der Waals surface area contributed by atoms with E-state index in [4.69, 9.17) is 0 Å². The van der Waals surface area contributed by atoms with Crippen molar-refractivity contribution in [2.24, 2.45) is 0 Å². The lowest BCUT2D eigenvalue weighted by Gasteiger charge is -2.45. The molecule has 0 bridgehead atoms. The molecule has 2 aliphatic rings. The summed E-state index contributed by atoms with van der Waals surface area (Å²) in [7, 11) is 1.77. The van der Waals surface area contributed by atoms with Crippen LogP contribution in [0, 0.1) is 5.82 Å². The Morgan fingerprint density at radius 2 is 2.00 bits per heavy atom. The Balaban J connectivity index is 1.27. The highest BCUT2D eigenvalue weighted by atomic mass is 19.4. The van der Waals surface area contributed by atoms with Crippen LogP contribution in [0.1, 0.15) is 23.6 Å². The van der Waals surface area contributed by atoms with Gasteiger partial charge in [-0.15, -0.1) is 5.10 Å². The fourth-order valence-corrected chi connectivity index (χ4v) is 3.81. The Morgan fingerprint density at radius 1 is 1.23 bits per heavy atom. The first kappa shape index (κ1) is 20.5. The molecule has 2 amide bonds. The van der Waals surface area contributed by atoms with Crippen molar-refractivity contribution in [1.29, 1.82) is 0 Å². The minimum atomic E-state index is -4.57. The molecule has 1 atom stereocenters. The summed E-state index contributed by atoms with van der Waals surface area (Å²) in [5.74, 6) is -0.880. The summed E-state index contributed by atoms with van der Waals surface area (Å²) in [6.07, 6.45) is -2.26. The van der Waals surface area contributed by atoms with E-state index in [0.717, 1.165) is 12.5 Å². The number of likely N-dealkylation sites (tertiary alicyclic amines) is 2. The highest BCUT2D eigenvalue weighted by molar-refractivity contribution is 5.75. The zero-order valence-electron chi connectivity index (χ0n) is 16.3. The van der Waals surface area contributed by atoms with Gasteiger partial charge in [-0.3, -0.25) is 4.90 Å². The summed E-state index contributed by atoms with van der Waals surface area (Å²) in [4.78, 5) is 18.0. The molecule has 8 nitrogen and oxygen atoms in total. The van der Waals surface area contributed by atoms with Crippen molar-refractivity contribution in [1.82, 2.24) is 34.9 Å². The Kier molecular flexibility index (Phi) is 5.35. The van der Waals surface area contributed by atoms with Gasteiger partial charge in [0.2, 0.25) is 0 Å². The lowest BCUT2D eigenvalue weighted by atomic mass is 10.1. The lowest BCUT2D eigenvalue weighted by Crippen LogP contribution is -2.62. The third kappa shape index (κ3) is 4.09. The topological polar surface area (TPSA) is 70.4 Å². The zero-order chi connectivity index (χ0) is 21.5. The number of tetrazole rings is 1. The molecule has 1 aromatic heterocycles. The average Bonchev–Trinajstić information content (AvgIpc) is 3.32. The molecule has 0 spiro atoms. The number of rotatable bonds is 4. The monoisotopic (exact) mass is 427 g/mol. The third-order valence-corrected chi connectivity index (χ3v) is 5.73. The van der Waals surface area contributed by atoms with Gasteiger partial charge >= 0.3 is 12.2 Å². The molecule has 12 heteroatoms. The van der Waals surface area contributed by atoms with Gasteiger partial charge in [-0.05, 0) is 36.0 Å². The molecule has 4 rings (SSSR count). The molecule has 162 valence electrons. The molecule has 0 unspecified atom stereocenters. The first-order valence-corrected chi connectivity index (χ1v) is 9.54. The van der Waals surface area contributed by atoms with Gasteiger partial charge in [0, 0.05) is 44.3 Å². The highest BCUT2D eigenvalue weighted by Gasteiger charge is 2.38. The quantitative estimate of drug-likeness (QED) is 0.699. The molecule has 2 aromatic rings. The summed E-state index contributed by atoms with van der Waals surface area (Å²) in [5.41, 5.74) is -0.809. The van der Waals surface area contributed by atoms with Crippen molar-refractivity contribution >= 4 is 6.03 Å². The molecular formula is C18H21F4N7O. The van der Waals surface area contributed by atoms with Gasteiger partial charge < -0.3 is 9.80 Å². The Morgan fingerprint density at radius 3 is 2.63 bits per heavy atom. The van der Waals surface area contributed by atoms with E-state index in [1.807, 2.05) is 4.90 Å². The number of nitrogens with zero attached hydrogens (tertiary/aromatic N) is 7. The minimum absolute atomic E-state index is 0.0218. The van der Waals surface area contributed by atoms with Gasteiger partial charge in [0.15, 0.2) is 0 Å². The molecular weight excluding hydrogens is 406 g/mol. The number of benzene rings is 1. The zero-order valence-corrected chi connectivity index (χ0v) is 16.3. The van der Waals surface area contributed by atoms with E-state index in [1.54, 1.807) is 21.5 Å². The number of alkyl halides is 3. The molecule has 2 aliphatic heterocycles. The number of urea groups is 1. The van der Waals surface area contributed by atoms with Gasteiger partial charge in [-0.25, -0.2) is 13.9 Å². The number of carbonyl (C=O) groups is 1. The second kappa shape index (κ2) is 7.82. The summed E-state index contributed by atoms with van der Waals surface area (Å²) in [5, 5.41) is 11.1. The number of likely N-dealkylation sites (N-methyl/N-ethyl adjacent to an activating group) is 1. The fourth-order valence-electron chi connectivity index (χ4n) is 3.81. The maximum atomic E-state index is 14.1. The number of halogens is 4. The largest absolute Gasteiger partial charge is 0.416 e. The van der Waals surface area contributed by atoms with Gasteiger partial charge in [-0.1, -0.05) is 6.07 Å². The second-order valence-electron chi connectivity index (χ2n) is 7.74. The van der Waals surface area contributed by atoms with E-state index in [2.05, 4.69) is 15.5 Å². The number of hydrogen-bond donors (Lipinski definition) is 0. The van der Waals surface area contributed by atoms with Crippen LogP contribution < -0.4 is 0 Å². The maximum absolute atomic E-state index is 14.1. The van der Waals surface area contributed by atoms with Crippen LogP contribution in [-0.4, -0.2) is 80.2 Å². The average molecular weight is 427 g/mol. The summed E-state index contributed by atoms with van der Waals surface area (Å²) in [6.45, 7) is 2.31. The van der Waals surface area contributed by atoms with E-state index >= 15 is 0 Å². The number of carbonyl (C=O) groups excluding carboxylic acids is 1. The van der Waals surface area contributed by atoms with E-state index in [1.165, 1.54) is 12.4 Å². The van der Waals surface area contributed by atoms with Crippen LogP contribution in [0.5, 0.6) is 0 Å². The van der Waals surface area contributed by atoms with Crippen LogP contribution in [0.15, 0.2) is 24.5 Å². The van der Waals surface area contributed by atoms with E-state index < -0.39 is 17.6 Å². The molecule has 0 aliphatic carbocycles. The van der Waals surface area contributed by atoms with Crippen LogP contribution in [0.25, 0.3) is 0 Å². The summed E-state index contributed by atoms with van der Waals surface area (Å²) in [6, 6.07) is 2.60. The Hall–Kier alpha value is -2.76.